The minimum Gasteiger partial charge on any atom is -0.392 e. The van der Waals surface area contributed by atoms with Gasteiger partial charge in [-0.15, -0.1) is 0 Å². The fraction of sp³-hybridized carbons (Fsp3) is 0.286. The third-order valence-corrected chi connectivity index (χ3v) is 2.06. The van der Waals surface area contributed by atoms with Gasteiger partial charge < -0.3 is 5.11 Å². The predicted molar refractivity (Wildman–Crippen MR) is 42.6 cm³/mol. The van der Waals surface area contributed by atoms with Gasteiger partial charge in [-0.1, -0.05) is 0 Å². The Hall–Kier alpha value is -0.410. The van der Waals surface area contributed by atoms with Crippen molar-refractivity contribution in [2.24, 2.45) is 0 Å². The largest absolute Gasteiger partial charge is 0.392 e. The van der Waals surface area contributed by atoms with Crippen LogP contribution in [0.1, 0.15) is 11.1 Å². The molecule has 10 heavy (non-hydrogen) atoms. The number of aliphatic hydroxyl groups is 1. The number of hydrogen-bond acceptors (Lipinski definition) is 2. The third kappa shape index (κ3) is 1.36. The average molecular weight is 202 g/mol. The van der Waals surface area contributed by atoms with E-state index >= 15 is 0 Å². The molecule has 0 saturated heterocycles. The molecule has 2 nitrogen and oxygen atoms in total. The van der Waals surface area contributed by atoms with Crippen molar-refractivity contribution in [2.45, 2.75) is 13.5 Å². The number of aliphatic hydroxyl groups excluding tert-OH is 1. The lowest BCUT2D eigenvalue weighted by molar-refractivity contribution is 0.280. The molecule has 0 atom stereocenters. The molecule has 0 fully saturated rings. The first-order valence-corrected chi connectivity index (χ1v) is 3.75. The van der Waals surface area contributed by atoms with E-state index in [1.165, 1.54) is 0 Å². The van der Waals surface area contributed by atoms with E-state index in [1.54, 1.807) is 12.4 Å². The quantitative estimate of drug-likeness (QED) is 0.750. The minimum atomic E-state index is 0.0644. The number of aryl methyl sites for hydroxylation is 1. The average Bonchev–Trinajstić information content (AvgIpc) is 1.88. The molecule has 1 heterocycles. The Morgan fingerprint density at radius 2 is 2.30 bits per heavy atom. The van der Waals surface area contributed by atoms with Crippen LogP contribution in [0.15, 0.2) is 16.9 Å². The first-order valence-electron chi connectivity index (χ1n) is 2.95. The van der Waals surface area contributed by atoms with Crippen molar-refractivity contribution in [1.29, 1.82) is 0 Å². The lowest BCUT2D eigenvalue weighted by Crippen LogP contribution is -1.90. The van der Waals surface area contributed by atoms with Gasteiger partial charge in [0, 0.05) is 16.9 Å². The normalized spacial score (nSPS) is 9.90. The molecule has 0 amide bonds. The highest BCUT2D eigenvalue weighted by atomic mass is 79.9. The van der Waals surface area contributed by atoms with E-state index in [4.69, 9.17) is 5.11 Å². The molecule has 0 unspecified atom stereocenters. The molecule has 0 aliphatic rings. The van der Waals surface area contributed by atoms with Crippen molar-refractivity contribution in [3.8, 4) is 0 Å². The highest BCUT2D eigenvalue weighted by Crippen LogP contribution is 2.17. The third-order valence-electron chi connectivity index (χ3n) is 1.38. The van der Waals surface area contributed by atoms with Crippen LogP contribution in [0.3, 0.4) is 0 Å². The second kappa shape index (κ2) is 3.12. The molecule has 0 aliphatic heterocycles. The molecule has 54 valence electrons. The van der Waals surface area contributed by atoms with Crippen molar-refractivity contribution in [3.05, 3.63) is 28.0 Å². The van der Waals surface area contributed by atoms with Crippen molar-refractivity contribution in [1.82, 2.24) is 4.98 Å². The van der Waals surface area contributed by atoms with Crippen molar-refractivity contribution >= 4 is 15.9 Å². The van der Waals surface area contributed by atoms with Crippen molar-refractivity contribution in [3.63, 3.8) is 0 Å². The summed E-state index contributed by atoms with van der Waals surface area (Å²) in [7, 11) is 0. The summed E-state index contributed by atoms with van der Waals surface area (Å²) in [5.41, 5.74) is 1.92. The van der Waals surface area contributed by atoms with E-state index < -0.39 is 0 Å². The summed E-state index contributed by atoms with van der Waals surface area (Å²) in [5, 5.41) is 8.84. The van der Waals surface area contributed by atoms with Gasteiger partial charge in [-0.25, -0.2) is 0 Å². The Bertz CT molecular complexity index is 217. The number of rotatable bonds is 1. The predicted octanol–water partition coefficient (Wildman–Crippen LogP) is 1.64. The van der Waals surface area contributed by atoms with Gasteiger partial charge in [0.05, 0.1) is 6.61 Å². The SMILES string of the molecule is Cc1cncc(Br)c1CO. The Balaban J connectivity index is 3.17. The number of nitrogens with zero attached hydrogens (tertiary/aromatic N) is 1. The lowest BCUT2D eigenvalue weighted by atomic mass is 10.2. The fourth-order valence-corrected chi connectivity index (χ4v) is 1.32. The number of halogens is 1. The zero-order valence-electron chi connectivity index (χ0n) is 5.63. The summed E-state index contributed by atoms with van der Waals surface area (Å²) in [6.45, 7) is 1.98. The molecule has 1 N–H and O–H groups in total. The first-order chi connectivity index (χ1) is 4.75. The van der Waals surface area contributed by atoms with Gasteiger partial charge in [0.15, 0.2) is 0 Å². The summed E-state index contributed by atoms with van der Waals surface area (Å²) in [4.78, 5) is 3.93. The van der Waals surface area contributed by atoms with Crippen LogP contribution in [0.25, 0.3) is 0 Å². The maximum atomic E-state index is 8.84. The smallest absolute Gasteiger partial charge is 0.0696 e. The summed E-state index contributed by atoms with van der Waals surface area (Å²) in [5.74, 6) is 0. The van der Waals surface area contributed by atoms with Gasteiger partial charge >= 0.3 is 0 Å². The molecule has 0 spiro atoms. The maximum absolute atomic E-state index is 8.84. The van der Waals surface area contributed by atoms with Crippen LogP contribution in [0.4, 0.5) is 0 Å². The van der Waals surface area contributed by atoms with Crippen molar-refractivity contribution in [2.75, 3.05) is 0 Å². The lowest BCUT2D eigenvalue weighted by Gasteiger charge is -2.01. The molecule has 0 aliphatic carbocycles. The number of hydrogen-bond donors (Lipinski definition) is 1. The highest BCUT2D eigenvalue weighted by Gasteiger charge is 2.00. The molecule has 1 aromatic heterocycles. The van der Waals surface area contributed by atoms with Gasteiger partial charge in [0.25, 0.3) is 0 Å². The molecule has 1 rings (SSSR count). The van der Waals surface area contributed by atoms with Crippen LogP contribution >= 0.6 is 15.9 Å². The van der Waals surface area contributed by atoms with Crippen molar-refractivity contribution < 1.29 is 5.11 Å². The molecule has 3 heteroatoms. The van der Waals surface area contributed by atoms with E-state index in [0.29, 0.717) is 0 Å². The summed E-state index contributed by atoms with van der Waals surface area (Å²) < 4.78 is 0.870. The Labute approximate surface area is 68.0 Å². The standard InChI is InChI=1S/C7H8BrNO/c1-5-2-9-3-7(8)6(5)4-10/h2-3,10H,4H2,1H3. The van der Waals surface area contributed by atoms with Crippen LogP contribution in [0.2, 0.25) is 0 Å². The number of pyridine rings is 1. The van der Waals surface area contributed by atoms with Crippen LogP contribution in [0.5, 0.6) is 0 Å². The number of aromatic nitrogens is 1. The van der Waals surface area contributed by atoms with Gasteiger partial charge in [0.1, 0.15) is 0 Å². The Morgan fingerprint density at radius 1 is 1.60 bits per heavy atom. The monoisotopic (exact) mass is 201 g/mol. The molecular weight excluding hydrogens is 194 g/mol. The highest BCUT2D eigenvalue weighted by molar-refractivity contribution is 9.10. The van der Waals surface area contributed by atoms with Gasteiger partial charge in [-0.2, -0.15) is 0 Å². The van der Waals surface area contributed by atoms with E-state index in [2.05, 4.69) is 20.9 Å². The Kier molecular flexibility index (Phi) is 2.40. The van der Waals surface area contributed by atoms with Gasteiger partial charge in [-0.05, 0) is 34.0 Å². The molecule has 0 saturated carbocycles. The molecule has 0 radical (unpaired) electrons. The van der Waals surface area contributed by atoms with E-state index in [-0.39, 0.29) is 6.61 Å². The molecular formula is C7H8BrNO. The van der Waals surface area contributed by atoms with E-state index in [1.807, 2.05) is 6.92 Å². The molecule has 1 aromatic rings. The summed E-state index contributed by atoms with van der Waals surface area (Å²) in [6.07, 6.45) is 3.41. The van der Waals surface area contributed by atoms with Crippen LogP contribution in [-0.2, 0) is 6.61 Å². The van der Waals surface area contributed by atoms with Gasteiger partial charge in [-0.3, -0.25) is 4.98 Å². The Morgan fingerprint density at radius 3 is 2.70 bits per heavy atom. The zero-order valence-corrected chi connectivity index (χ0v) is 7.22. The summed E-state index contributed by atoms with van der Waals surface area (Å²) >= 11 is 3.28. The van der Waals surface area contributed by atoms with Crippen LogP contribution < -0.4 is 0 Å². The van der Waals surface area contributed by atoms with E-state index in [9.17, 15) is 0 Å². The topological polar surface area (TPSA) is 33.1 Å². The summed E-state index contributed by atoms with van der Waals surface area (Å²) in [6, 6.07) is 0. The second-order valence-electron chi connectivity index (χ2n) is 2.07. The molecule has 0 aromatic carbocycles. The van der Waals surface area contributed by atoms with Crippen LogP contribution in [0, 0.1) is 6.92 Å². The fourth-order valence-electron chi connectivity index (χ4n) is 0.759. The molecule has 0 bridgehead atoms. The second-order valence-corrected chi connectivity index (χ2v) is 2.93. The minimum absolute atomic E-state index is 0.0644. The van der Waals surface area contributed by atoms with Gasteiger partial charge in [0.2, 0.25) is 0 Å². The maximum Gasteiger partial charge on any atom is 0.0696 e. The van der Waals surface area contributed by atoms with Crippen LogP contribution in [-0.4, -0.2) is 10.1 Å². The zero-order chi connectivity index (χ0) is 7.56. The first kappa shape index (κ1) is 7.69. The van der Waals surface area contributed by atoms with E-state index in [0.717, 1.165) is 15.6 Å².